The minimum absolute atomic E-state index is 0.0334. The monoisotopic (exact) mass is 601 g/mol. The third kappa shape index (κ3) is 8.90. The molecular formula is C33H39N5O6. The molecule has 1 heterocycles. The summed E-state index contributed by atoms with van der Waals surface area (Å²) < 4.78 is 4.94. The predicted molar refractivity (Wildman–Crippen MR) is 171 cm³/mol. The van der Waals surface area contributed by atoms with E-state index in [1.807, 2.05) is 45.0 Å². The van der Waals surface area contributed by atoms with Gasteiger partial charge in [0, 0.05) is 30.7 Å². The molecule has 0 atom stereocenters. The van der Waals surface area contributed by atoms with Crippen LogP contribution in [0.1, 0.15) is 48.7 Å². The van der Waals surface area contributed by atoms with Crippen LogP contribution in [0.25, 0.3) is 0 Å². The van der Waals surface area contributed by atoms with E-state index in [1.165, 1.54) is 15.9 Å². The molecule has 0 fully saturated rings. The smallest absolute Gasteiger partial charge is 0.323 e. The molecule has 0 radical (unpaired) electrons. The van der Waals surface area contributed by atoms with Gasteiger partial charge in [0.15, 0.2) is 0 Å². The number of nitrogens with one attached hydrogen (secondary N) is 3. The summed E-state index contributed by atoms with van der Waals surface area (Å²) in [6.07, 6.45) is 0.0266. The number of aryl methyl sites for hydroxylation is 1. The van der Waals surface area contributed by atoms with Crippen LogP contribution in [0.5, 0.6) is 0 Å². The predicted octanol–water partition coefficient (Wildman–Crippen LogP) is 5.22. The molecule has 0 saturated carbocycles. The number of rotatable bonds is 9. The van der Waals surface area contributed by atoms with Gasteiger partial charge in [0.25, 0.3) is 5.91 Å². The zero-order valence-corrected chi connectivity index (χ0v) is 25.7. The Bertz CT molecular complexity index is 1500. The molecule has 0 unspecified atom stereocenters. The molecule has 44 heavy (non-hydrogen) atoms. The molecule has 3 aromatic rings. The van der Waals surface area contributed by atoms with E-state index in [0.717, 1.165) is 11.1 Å². The Balaban J connectivity index is 0.00000259. The first kappa shape index (κ1) is 33.3. The van der Waals surface area contributed by atoms with E-state index in [2.05, 4.69) is 16.0 Å². The Morgan fingerprint density at radius 3 is 2.25 bits per heavy atom. The quantitative estimate of drug-likeness (QED) is 0.288. The molecule has 1 aliphatic heterocycles. The third-order valence-electron chi connectivity index (χ3n) is 6.72. The number of para-hydroxylation sites is 1. The van der Waals surface area contributed by atoms with E-state index in [4.69, 9.17) is 4.74 Å². The highest BCUT2D eigenvalue weighted by Crippen LogP contribution is 2.28. The second-order valence-corrected chi connectivity index (χ2v) is 9.78. The number of hydrogen-bond acceptors (Lipinski definition) is 6. The number of anilines is 4. The van der Waals surface area contributed by atoms with Crippen LogP contribution in [0.15, 0.2) is 66.7 Å². The topological polar surface area (TPSA) is 137 Å². The average Bonchev–Trinajstić information content (AvgIpc) is 3.09. The molecule has 0 aromatic heterocycles. The molecule has 0 saturated heterocycles. The number of carbonyl (C=O) groups is 5. The number of likely N-dealkylation sites (N-methyl/N-ethyl adjacent to an activating group) is 1. The zero-order valence-electron chi connectivity index (χ0n) is 25.7. The van der Waals surface area contributed by atoms with E-state index in [9.17, 15) is 24.0 Å². The molecule has 4 rings (SSSR count). The van der Waals surface area contributed by atoms with Gasteiger partial charge < -0.3 is 30.5 Å². The lowest BCUT2D eigenvalue weighted by Crippen LogP contribution is -2.39. The molecule has 3 N–H and O–H groups in total. The Morgan fingerprint density at radius 1 is 0.886 bits per heavy atom. The van der Waals surface area contributed by atoms with Gasteiger partial charge in [0.05, 0.1) is 30.7 Å². The summed E-state index contributed by atoms with van der Waals surface area (Å²) in [5, 5.41) is 8.37. The van der Waals surface area contributed by atoms with Gasteiger partial charge in [0.2, 0.25) is 11.8 Å². The molecule has 232 valence electrons. The summed E-state index contributed by atoms with van der Waals surface area (Å²) >= 11 is 0. The number of esters is 1. The summed E-state index contributed by atoms with van der Waals surface area (Å²) in [4.78, 5) is 65.6. The summed E-state index contributed by atoms with van der Waals surface area (Å²) in [6.45, 7) is 7.68. The van der Waals surface area contributed by atoms with Crippen LogP contribution in [-0.2, 0) is 25.5 Å². The van der Waals surface area contributed by atoms with Crippen molar-refractivity contribution in [3.63, 3.8) is 0 Å². The molecule has 11 nitrogen and oxygen atoms in total. The van der Waals surface area contributed by atoms with Crippen molar-refractivity contribution in [2.45, 2.75) is 40.5 Å². The number of benzene rings is 3. The summed E-state index contributed by atoms with van der Waals surface area (Å²) in [5.41, 5.74) is 4.00. The Morgan fingerprint density at radius 2 is 1.57 bits per heavy atom. The fraction of sp³-hybridized carbons (Fsp3) is 0.303. The number of hydrogen-bond donors (Lipinski definition) is 3. The molecule has 0 spiro atoms. The minimum atomic E-state index is -0.453. The Kier molecular flexibility index (Phi) is 12.0. The van der Waals surface area contributed by atoms with E-state index in [0.29, 0.717) is 22.7 Å². The highest BCUT2D eigenvalue weighted by Gasteiger charge is 2.30. The maximum Gasteiger partial charge on any atom is 0.323 e. The lowest BCUT2D eigenvalue weighted by molar-refractivity contribution is -0.143. The molecule has 1 aliphatic rings. The second kappa shape index (κ2) is 15.9. The van der Waals surface area contributed by atoms with Crippen LogP contribution in [-0.4, -0.2) is 61.4 Å². The molecular weight excluding hydrogens is 562 g/mol. The van der Waals surface area contributed by atoms with E-state index in [1.54, 1.807) is 50.4 Å². The largest absolute Gasteiger partial charge is 0.466 e. The molecule has 0 bridgehead atoms. The van der Waals surface area contributed by atoms with Crippen LogP contribution >= 0.6 is 0 Å². The minimum Gasteiger partial charge on any atom is -0.466 e. The van der Waals surface area contributed by atoms with E-state index >= 15 is 0 Å². The van der Waals surface area contributed by atoms with Crippen LogP contribution in [0.4, 0.5) is 27.5 Å². The molecule has 0 aliphatic carbocycles. The first-order valence-electron chi connectivity index (χ1n) is 14.5. The van der Waals surface area contributed by atoms with Gasteiger partial charge in [-0.05, 0) is 61.4 Å². The number of carbonyl (C=O) groups excluding carboxylic acids is 5. The molecule has 11 heteroatoms. The number of urea groups is 1. The van der Waals surface area contributed by atoms with Gasteiger partial charge in [-0.3, -0.25) is 19.2 Å². The fourth-order valence-corrected chi connectivity index (χ4v) is 4.46. The van der Waals surface area contributed by atoms with Crippen LogP contribution in [0, 0.1) is 6.92 Å². The van der Waals surface area contributed by atoms with E-state index < -0.39 is 11.9 Å². The van der Waals surface area contributed by atoms with Crippen LogP contribution in [0.3, 0.4) is 0 Å². The van der Waals surface area contributed by atoms with Crippen molar-refractivity contribution in [1.82, 2.24) is 4.90 Å². The highest BCUT2D eigenvalue weighted by atomic mass is 16.5. The van der Waals surface area contributed by atoms with Gasteiger partial charge >= 0.3 is 12.0 Å². The van der Waals surface area contributed by atoms with Crippen molar-refractivity contribution < 1.29 is 28.7 Å². The number of nitrogens with zero attached hydrogens (tertiary/aromatic N) is 2. The SMILES string of the molecule is CC.CCOC(=O)CCN1CC(=O)N(C)c2ccc(NC(=O)Cc3ccc(NC(=O)Nc4ccccc4C)cc3)cc2C1=O. The first-order chi connectivity index (χ1) is 21.1. The van der Waals surface area contributed by atoms with Gasteiger partial charge in [-0.25, -0.2) is 4.79 Å². The number of amides is 5. The zero-order chi connectivity index (χ0) is 32.2. The van der Waals surface area contributed by atoms with Gasteiger partial charge in [-0.2, -0.15) is 0 Å². The number of fused-ring (bicyclic) bond motifs is 1. The lowest BCUT2D eigenvalue weighted by Gasteiger charge is -2.19. The average molecular weight is 602 g/mol. The van der Waals surface area contributed by atoms with Crippen LogP contribution in [0.2, 0.25) is 0 Å². The van der Waals surface area contributed by atoms with E-state index in [-0.39, 0.29) is 55.9 Å². The Hall–Kier alpha value is -5.19. The Labute approximate surface area is 257 Å². The lowest BCUT2D eigenvalue weighted by atomic mass is 10.1. The summed E-state index contributed by atoms with van der Waals surface area (Å²) in [6, 6.07) is 18.7. The van der Waals surface area contributed by atoms with Crippen molar-refractivity contribution in [3.05, 3.63) is 83.4 Å². The van der Waals surface area contributed by atoms with Crippen molar-refractivity contribution in [1.29, 1.82) is 0 Å². The van der Waals surface area contributed by atoms with Gasteiger partial charge in [-0.15, -0.1) is 0 Å². The normalized spacial score (nSPS) is 12.3. The highest BCUT2D eigenvalue weighted by molar-refractivity contribution is 6.10. The van der Waals surface area contributed by atoms with Crippen molar-refractivity contribution in [3.8, 4) is 0 Å². The summed E-state index contributed by atoms with van der Waals surface area (Å²) in [7, 11) is 1.58. The molecule has 5 amide bonds. The fourth-order valence-electron chi connectivity index (χ4n) is 4.46. The van der Waals surface area contributed by atoms with Gasteiger partial charge in [-0.1, -0.05) is 44.2 Å². The van der Waals surface area contributed by atoms with Crippen molar-refractivity contribution >= 4 is 52.5 Å². The standard InChI is InChI=1S/C31H33N5O6.C2H6/c1-4-42-29(39)15-16-36-19-28(38)35(3)26-14-13-23(18-24(26)30(36)40)32-27(37)17-21-9-11-22(12-10-21)33-31(41)34-25-8-6-5-7-20(25)2;1-2/h5-14,18H,4,15-17,19H2,1-3H3,(H,32,37)(H2,33,34,41);1-2H3. The molecule has 3 aromatic carbocycles. The summed E-state index contributed by atoms with van der Waals surface area (Å²) in [5.74, 6) is -1.48. The van der Waals surface area contributed by atoms with Crippen molar-refractivity contribution in [2.75, 3.05) is 47.6 Å². The van der Waals surface area contributed by atoms with Crippen LogP contribution < -0.4 is 20.9 Å². The van der Waals surface area contributed by atoms with Crippen molar-refractivity contribution in [2.24, 2.45) is 0 Å². The third-order valence-corrected chi connectivity index (χ3v) is 6.72. The maximum absolute atomic E-state index is 13.3. The second-order valence-electron chi connectivity index (χ2n) is 9.78. The first-order valence-corrected chi connectivity index (χ1v) is 14.5. The number of ether oxygens (including phenoxy) is 1. The van der Waals surface area contributed by atoms with Gasteiger partial charge in [0.1, 0.15) is 6.54 Å². The maximum atomic E-state index is 13.3.